The van der Waals surface area contributed by atoms with Gasteiger partial charge in [0.15, 0.2) is 0 Å². The van der Waals surface area contributed by atoms with E-state index in [0.29, 0.717) is 45.0 Å². The maximum Gasteiger partial charge on any atom is 0.277 e. The summed E-state index contributed by atoms with van der Waals surface area (Å²) in [5.41, 5.74) is 1.67. The quantitative estimate of drug-likeness (QED) is 0.426. The van der Waals surface area contributed by atoms with Crippen molar-refractivity contribution < 1.29 is 22.4 Å². The third-order valence-electron chi connectivity index (χ3n) is 6.17. The van der Waals surface area contributed by atoms with Crippen molar-refractivity contribution in [2.24, 2.45) is 0 Å². The molecule has 1 amide bonds. The fraction of sp³-hybridized carbons (Fsp3) is 0.375. The molecule has 10 nitrogen and oxygen atoms in total. The lowest BCUT2D eigenvalue weighted by Crippen LogP contribution is -2.49. The SMILES string of the molecule is O=C(CSc1nnc(-c2cccc(S(=O)(=O)N3CCOCC3)c2)o1)N1CCN(c2ccccc2)CC1. The number of amides is 1. The Kier molecular flexibility index (Phi) is 7.56. The number of benzene rings is 2. The number of morpholine rings is 1. The number of sulfonamides is 1. The van der Waals surface area contributed by atoms with E-state index in [1.54, 1.807) is 18.2 Å². The summed E-state index contributed by atoms with van der Waals surface area (Å²) in [6.07, 6.45) is 0. The summed E-state index contributed by atoms with van der Waals surface area (Å²) in [4.78, 5) is 17.0. The van der Waals surface area contributed by atoms with Crippen LogP contribution < -0.4 is 4.90 Å². The predicted molar refractivity (Wildman–Crippen MR) is 135 cm³/mol. The molecule has 2 aliphatic heterocycles. The molecule has 2 fully saturated rings. The number of thioether (sulfide) groups is 1. The standard InChI is InChI=1S/C24H27N5O5S2/c30-22(28-11-9-27(10-12-28)20-6-2-1-3-7-20)18-35-24-26-25-23(34-24)19-5-4-8-21(17-19)36(31,32)29-13-15-33-16-14-29/h1-8,17H,9-16,18H2. The monoisotopic (exact) mass is 529 g/mol. The van der Waals surface area contributed by atoms with Crippen LogP contribution in [0.1, 0.15) is 0 Å². The predicted octanol–water partition coefficient (Wildman–Crippen LogP) is 2.20. The maximum absolute atomic E-state index is 13.0. The molecule has 190 valence electrons. The van der Waals surface area contributed by atoms with Crippen molar-refractivity contribution in [1.82, 2.24) is 19.4 Å². The zero-order chi connectivity index (χ0) is 25.0. The normalized spacial score (nSPS) is 17.3. The van der Waals surface area contributed by atoms with Gasteiger partial charge in [-0.05, 0) is 30.3 Å². The molecule has 0 bridgehead atoms. The van der Waals surface area contributed by atoms with E-state index in [2.05, 4.69) is 27.2 Å². The average molecular weight is 530 g/mol. The second kappa shape index (κ2) is 11.0. The Bertz CT molecular complexity index is 1290. The third kappa shape index (κ3) is 5.56. The molecule has 0 aliphatic carbocycles. The lowest BCUT2D eigenvalue weighted by Gasteiger charge is -2.36. The molecule has 0 radical (unpaired) electrons. The Hall–Kier alpha value is -2.93. The summed E-state index contributed by atoms with van der Waals surface area (Å²) < 4.78 is 38.3. The number of ether oxygens (including phenoxy) is 1. The second-order valence-corrected chi connectivity index (χ2v) is 11.3. The van der Waals surface area contributed by atoms with Crippen molar-refractivity contribution in [2.75, 3.05) is 63.1 Å². The zero-order valence-corrected chi connectivity index (χ0v) is 21.3. The molecule has 12 heteroatoms. The highest BCUT2D eigenvalue weighted by atomic mass is 32.2. The first-order chi connectivity index (χ1) is 17.5. The van der Waals surface area contributed by atoms with Gasteiger partial charge in [-0.1, -0.05) is 36.0 Å². The van der Waals surface area contributed by atoms with E-state index in [1.807, 2.05) is 23.1 Å². The molecular formula is C24H27N5O5S2. The van der Waals surface area contributed by atoms with Crippen molar-refractivity contribution in [3.8, 4) is 11.5 Å². The van der Waals surface area contributed by atoms with E-state index in [9.17, 15) is 13.2 Å². The molecule has 1 aromatic heterocycles. The largest absolute Gasteiger partial charge is 0.411 e. The van der Waals surface area contributed by atoms with Crippen molar-refractivity contribution >= 4 is 33.4 Å². The van der Waals surface area contributed by atoms with Crippen molar-refractivity contribution in [2.45, 2.75) is 10.1 Å². The number of carbonyl (C=O) groups is 1. The van der Waals surface area contributed by atoms with E-state index in [0.717, 1.165) is 13.1 Å². The molecular weight excluding hydrogens is 502 g/mol. The summed E-state index contributed by atoms with van der Waals surface area (Å²) >= 11 is 1.18. The molecule has 3 aromatic rings. The molecule has 3 heterocycles. The molecule has 2 aliphatic rings. The van der Waals surface area contributed by atoms with Crippen LogP contribution >= 0.6 is 11.8 Å². The Balaban J connectivity index is 1.17. The number of hydrogen-bond acceptors (Lipinski definition) is 9. The smallest absolute Gasteiger partial charge is 0.277 e. The van der Waals surface area contributed by atoms with Gasteiger partial charge in [-0.2, -0.15) is 4.31 Å². The van der Waals surface area contributed by atoms with Crippen LogP contribution in [0.5, 0.6) is 0 Å². The van der Waals surface area contributed by atoms with Crippen LogP contribution in [0.15, 0.2) is 69.1 Å². The molecule has 0 atom stereocenters. The van der Waals surface area contributed by atoms with Crippen LogP contribution in [-0.4, -0.2) is 92.0 Å². The Labute approximate surface area is 214 Å². The van der Waals surface area contributed by atoms with Gasteiger partial charge < -0.3 is 19.0 Å². The van der Waals surface area contributed by atoms with Crippen molar-refractivity contribution in [3.63, 3.8) is 0 Å². The van der Waals surface area contributed by atoms with E-state index in [4.69, 9.17) is 9.15 Å². The van der Waals surface area contributed by atoms with Crippen molar-refractivity contribution in [1.29, 1.82) is 0 Å². The number of hydrogen-bond donors (Lipinski definition) is 0. The summed E-state index contributed by atoms with van der Waals surface area (Å²) in [7, 11) is -3.64. The van der Waals surface area contributed by atoms with Crippen LogP contribution in [0, 0.1) is 0 Å². The van der Waals surface area contributed by atoms with E-state index >= 15 is 0 Å². The van der Waals surface area contributed by atoms with Gasteiger partial charge in [0.25, 0.3) is 5.22 Å². The topological polar surface area (TPSA) is 109 Å². The van der Waals surface area contributed by atoms with Gasteiger partial charge >= 0.3 is 0 Å². The van der Waals surface area contributed by atoms with Gasteiger partial charge in [0, 0.05) is 50.5 Å². The number of carbonyl (C=O) groups excluding carboxylic acids is 1. The first-order valence-electron chi connectivity index (χ1n) is 11.7. The van der Waals surface area contributed by atoms with Crippen LogP contribution in [0.2, 0.25) is 0 Å². The number of rotatable bonds is 7. The summed E-state index contributed by atoms with van der Waals surface area (Å²) in [6.45, 7) is 4.30. The third-order valence-corrected chi connectivity index (χ3v) is 8.87. The minimum atomic E-state index is -3.64. The molecule has 0 N–H and O–H groups in total. The van der Waals surface area contributed by atoms with Gasteiger partial charge in [-0.15, -0.1) is 10.2 Å². The van der Waals surface area contributed by atoms with Gasteiger partial charge in [-0.25, -0.2) is 8.42 Å². The number of piperazine rings is 1. The Morgan fingerprint density at radius 3 is 2.42 bits per heavy atom. The summed E-state index contributed by atoms with van der Waals surface area (Å²) in [5, 5.41) is 8.36. The molecule has 5 rings (SSSR count). The fourth-order valence-corrected chi connectivity index (χ4v) is 6.30. The van der Waals surface area contributed by atoms with E-state index in [-0.39, 0.29) is 27.7 Å². The van der Waals surface area contributed by atoms with Gasteiger partial charge in [-0.3, -0.25) is 4.79 Å². The minimum Gasteiger partial charge on any atom is -0.411 e. The van der Waals surface area contributed by atoms with E-state index in [1.165, 1.54) is 27.8 Å². The molecule has 2 aromatic carbocycles. The van der Waals surface area contributed by atoms with E-state index < -0.39 is 10.0 Å². The van der Waals surface area contributed by atoms with Crippen molar-refractivity contribution in [3.05, 3.63) is 54.6 Å². The highest BCUT2D eigenvalue weighted by Gasteiger charge is 2.27. The number of aromatic nitrogens is 2. The molecule has 2 saturated heterocycles. The van der Waals surface area contributed by atoms with Gasteiger partial charge in [0.05, 0.1) is 23.9 Å². The van der Waals surface area contributed by atoms with Crippen LogP contribution in [0.4, 0.5) is 5.69 Å². The van der Waals surface area contributed by atoms with Crippen LogP contribution in [0.3, 0.4) is 0 Å². The van der Waals surface area contributed by atoms with Gasteiger partial charge in [0.2, 0.25) is 21.8 Å². The molecule has 0 spiro atoms. The Morgan fingerprint density at radius 2 is 1.67 bits per heavy atom. The Morgan fingerprint density at radius 1 is 0.917 bits per heavy atom. The zero-order valence-electron chi connectivity index (χ0n) is 19.7. The molecule has 36 heavy (non-hydrogen) atoms. The average Bonchev–Trinajstić information content (AvgIpc) is 3.42. The maximum atomic E-state index is 13.0. The van der Waals surface area contributed by atoms with Crippen LogP contribution in [-0.2, 0) is 19.6 Å². The second-order valence-electron chi connectivity index (χ2n) is 8.41. The first-order valence-corrected chi connectivity index (χ1v) is 14.2. The lowest BCUT2D eigenvalue weighted by molar-refractivity contribution is -0.128. The first kappa shape index (κ1) is 24.8. The molecule has 0 unspecified atom stereocenters. The number of anilines is 1. The lowest BCUT2D eigenvalue weighted by atomic mass is 10.2. The molecule has 0 saturated carbocycles. The minimum absolute atomic E-state index is 0.0195. The number of nitrogens with zero attached hydrogens (tertiary/aromatic N) is 5. The fourth-order valence-electron chi connectivity index (χ4n) is 4.18. The van der Waals surface area contributed by atoms with Gasteiger partial charge in [0.1, 0.15) is 0 Å². The van der Waals surface area contributed by atoms with Crippen LogP contribution in [0.25, 0.3) is 11.5 Å². The highest BCUT2D eigenvalue weighted by Crippen LogP contribution is 2.27. The highest BCUT2D eigenvalue weighted by molar-refractivity contribution is 7.99. The number of para-hydroxylation sites is 1. The summed E-state index contributed by atoms with van der Waals surface area (Å²) in [5.74, 6) is 0.421. The summed E-state index contributed by atoms with van der Waals surface area (Å²) in [6, 6.07) is 16.6.